The minimum atomic E-state index is -0.190. The van der Waals surface area contributed by atoms with E-state index in [0.29, 0.717) is 5.56 Å². The van der Waals surface area contributed by atoms with E-state index in [1.807, 2.05) is 37.3 Å². The molecule has 1 aromatic rings. The Morgan fingerprint density at radius 2 is 1.94 bits per heavy atom. The minimum Gasteiger partial charge on any atom is -0.289 e. The molecule has 1 aromatic carbocycles. The summed E-state index contributed by atoms with van der Waals surface area (Å²) in [5.74, 6) is 0.00563. The topological polar surface area (TPSA) is 41.5 Å². The van der Waals surface area contributed by atoms with Crippen molar-refractivity contribution in [1.29, 1.82) is 0 Å². The standard InChI is InChI=1S/C14H16N2O/c1-10-14(2,3)13(16-15-10)9-12(17)11-7-5-4-6-8-11/h4-9,16H,1-3H3/b13-9-. The van der Waals surface area contributed by atoms with Crippen LogP contribution in [-0.4, -0.2) is 11.5 Å². The van der Waals surface area contributed by atoms with Crippen molar-refractivity contribution < 1.29 is 4.79 Å². The molecule has 0 saturated heterocycles. The molecule has 0 radical (unpaired) electrons. The monoisotopic (exact) mass is 228 g/mol. The fraction of sp³-hybridized carbons (Fsp3) is 0.286. The maximum absolute atomic E-state index is 12.0. The van der Waals surface area contributed by atoms with Crippen molar-refractivity contribution in [2.45, 2.75) is 20.8 Å². The first-order valence-electron chi connectivity index (χ1n) is 5.64. The highest BCUT2D eigenvalue weighted by molar-refractivity contribution is 6.06. The van der Waals surface area contributed by atoms with Crippen LogP contribution in [0.3, 0.4) is 0 Å². The third-order valence-electron chi connectivity index (χ3n) is 3.26. The highest BCUT2D eigenvalue weighted by atomic mass is 16.1. The molecule has 0 fully saturated rings. The van der Waals surface area contributed by atoms with Crippen molar-refractivity contribution in [2.24, 2.45) is 10.5 Å². The van der Waals surface area contributed by atoms with Crippen molar-refractivity contribution in [3.05, 3.63) is 47.7 Å². The van der Waals surface area contributed by atoms with E-state index in [1.165, 1.54) is 0 Å². The first-order valence-corrected chi connectivity index (χ1v) is 5.64. The van der Waals surface area contributed by atoms with Crippen molar-refractivity contribution in [3.63, 3.8) is 0 Å². The molecule has 0 spiro atoms. The Hall–Kier alpha value is -1.90. The fourth-order valence-corrected chi connectivity index (χ4v) is 1.65. The second-order valence-electron chi connectivity index (χ2n) is 4.72. The number of allylic oxidation sites excluding steroid dienone is 2. The van der Waals surface area contributed by atoms with Crippen LogP contribution in [0.1, 0.15) is 31.1 Å². The van der Waals surface area contributed by atoms with Gasteiger partial charge in [0, 0.05) is 28.5 Å². The van der Waals surface area contributed by atoms with Crippen LogP contribution in [0.5, 0.6) is 0 Å². The molecular formula is C14H16N2O. The molecule has 3 heteroatoms. The van der Waals surface area contributed by atoms with Crippen LogP contribution in [0.4, 0.5) is 0 Å². The van der Waals surface area contributed by atoms with E-state index < -0.39 is 0 Å². The number of benzene rings is 1. The van der Waals surface area contributed by atoms with Gasteiger partial charge in [0.1, 0.15) is 0 Å². The summed E-state index contributed by atoms with van der Waals surface area (Å²) in [5.41, 5.74) is 5.27. The van der Waals surface area contributed by atoms with Gasteiger partial charge in [-0.15, -0.1) is 0 Å². The molecule has 3 nitrogen and oxygen atoms in total. The molecule has 0 saturated carbocycles. The number of hydrogen-bond acceptors (Lipinski definition) is 3. The number of ketones is 1. The minimum absolute atomic E-state index is 0.00563. The van der Waals surface area contributed by atoms with Gasteiger partial charge in [0.25, 0.3) is 0 Å². The molecule has 0 bridgehead atoms. The predicted octanol–water partition coefficient (Wildman–Crippen LogP) is 2.76. The molecule has 17 heavy (non-hydrogen) atoms. The van der Waals surface area contributed by atoms with E-state index in [2.05, 4.69) is 24.4 Å². The van der Waals surface area contributed by atoms with Gasteiger partial charge in [0.2, 0.25) is 0 Å². The molecular weight excluding hydrogens is 212 g/mol. The second-order valence-corrected chi connectivity index (χ2v) is 4.72. The average molecular weight is 228 g/mol. The zero-order chi connectivity index (χ0) is 12.5. The summed E-state index contributed by atoms with van der Waals surface area (Å²) in [4.78, 5) is 12.0. The molecule has 88 valence electrons. The van der Waals surface area contributed by atoms with Gasteiger partial charge in [-0.25, -0.2) is 0 Å². The van der Waals surface area contributed by atoms with Crippen LogP contribution in [-0.2, 0) is 0 Å². The Labute approximate surface area is 101 Å². The van der Waals surface area contributed by atoms with Gasteiger partial charge in [-0.2, -0.15) is 5.10 Å². The fourth-order valence-electron chi connectivity index (χ4n) is 1.65. The van der Waals surface area contributed by atoms with Crippen LogP contribution in [0.25, 0.3) is 0 Å². The summed E-state index contributed by atoms with van der Waals surface area (Å²) in [6.07, 6.45) is 1.63. The molecule has 2 rings (SSSR count). The van der Waals surface area contributed by atoms with Gasteiger partial charge in [-0.1, -0.05) is 30.3 Å². The Balaban J connectivity index is 2.26. The second kappa shape index (κ2) is 4.17. The van der Waals surface area contributed by atoms with Crippen LogP contribution < -0.4 is 5.43 Å². The van der Waals surface area contributed by atoms with Crippen molar-refractivity contribution in [3.8, 4) is 0 Å². The van der Waals surface area contributed by atoms with Crippen LogP contribution >= 0.6 is 0 Å². The SMILES string of the molecule is CC1=NN/C(=C\C(=O)c2ccccc2)C1(C)C. The third-order valence-corrected chi connectivity index (χ3v) is 3.26. The lowest BCUT2D eigenvalue weighted by Crippen LogP contribution is -2.22. The maximum atomic E-state index is 12.0. The lowest BCUT2D eigenvalue weighted by Gasteiger charge is -2.18. The molecule has 1 N–H and O–H groups in total. The smallest absolute Gasteiger partial charge is 0.187 e. The number of hydrazone groups is 1. The molecule has 0 atom stereocenters. The highest BCUT2D eigenvalue weighted by Gasteiger charge is 2.32. The summed E-state index contributed by atoms with van der Waals surface area (Å²) >= 11 is 0. The van der Waals surface area contributed by atoms with Gasteiger partial charge in [0.05, 0.1) is 0 Å². The Morgan fingerprint density at radius 1 is 1.29 bits per heavy atom. The zero-order valence-electron chi connectivity index (χ0n) is 10.3. The van der Waals surface area contributed by atoms with Gasteiger partial charge < -0.3 is 0 Å². The molecule has 1 aliphatic heterocycles. The number of rotatable bonds is 2. The number of carbonyl (C=O) groups excluding carboxylic acids is 1. The van der Waals surface area contributed by atoms with E-state index in [-0.39, 0.29) is 11.2 Å². The van der Waals surface area contributed by atoms with E-state index in [9.17, 15) is 4.79 Å². The van der Waals surface area contributed by atoms with Crippen LogP contribution in [0.15, 0.2) is 47.2 Å². The average Bonchev–Trinajstić information content (AvgIpc) is 2.57. The Morgan fingerprint density at radius 3 is 2.47 bits per heavy atom. The Kier molecular flexibility index (Phi) is 2.84. The predicted molar refractivity (Wildman–Crippen MR) is 68.9 cm³/mol. The quantitative estimate of drug-likeness (QED) is 0.624. The van der Waals surface area contributed by atoms with Crippen molar-refractivity contribution >= 4 is 11.5 Å². The summed E-state index contributed by atoms with van der Waals surface area (Å²) < 4.78 is 0. The lowest BCUT2D eigenvalue weighted by molar-refractivity contribution is 0.104. The summed E-state index contributed by atoms with van der Waals surface area (Å²) in [6.45, 7) is 6.06. The molecule has 0 unspecified atom stereocenters. The number of nitrogens with zero attached hydrogens (tertiary/aromatic N) is 1. The van der Waals surface area contributed by atoms with E-state index in [4.69, 9.17) is 0 Å². The number of nitrogens with one attached hydrogen (secondary N) is 1. The van der Waals surface area contributed by atoms with Gasteiger partial charge in [-0.3, -0.25) is 10.2 Å². The van der Waals surface area contributed by atoms with Crippen molar-refractivity contribution in [2.75, 3.05) is 0 Å². The van der Waals surface area contributed by atoms with E-state index in [1.54, 1.807) is 6.08 Å². The van der Waals surface area contributed by atoms with Gasteiger partial charge >= 0.3 is 0 Å². The molecule has 0 aliphatic carbocycles. The van der Waals surface area contributed by atoms with E-state index >= 15 is 0 Å². The summed E-state index contributed by atoms with van der Waals surface area (Å²) in [6, 6.07) is 9.25. The zero-order valence-corrected chi connectivity index (χ0v) is 10.3. The summed E-state index contributed by atoms with van der Waals surface area (Å²) in [5, 5.41) is 4.16. The highest BCUT2D eigenvalue weighted by Crippen LogP contribution is 2.30. The third kappa shape index (κ3) is 2.13. The molecule has 1 heterocycles. The maximum Gasteiger partial charge on any atom is 0.187 e. The van der Waals surface area contributed by atoms with Gasteiger partial charge in [0.15, 0.2) is 5.78 Å². The number of hydrogen-bond donors (Lipinski definition) is 1. The number of carbonyl (C=O) groups is 1. The molecule has 0 amide bonds. The van der Waals surface area contributed by atoms with Crippen LogP contribution in [0, 0.1) is 5.41 Å². The molecule has 1 aliphatic rings. The largest absolute Gasteiger partial charge is 0.289 e. The van der Waals surface area contributed by atoms with E-state index in [0.717, 1.165) is 11.4 Å². The van der Waals surface area contributed by atoms with Crippen molar-refractivity contribution in [1.82, 2.24) is 5.43 Å². The normalized spacial score (nSPS) is 19.9. The molecule has 0 aromatic heterocycles. The Bertz CT molecular complexity index is 498. The summed E-state index contributed by atoms with van der Waals surface area (Å²) in [7, 11) is 0. The first-order chi connectivity index (χ1) is 8.01. The van der Waals surface area contributed by atoms with Gasteiger partial charge in [-0.05, 0) is 20.8 Å². The lowest BCUT2D eigenvalue weighted by atomic mass is 9.85. The van der Waals surface area contributed by atoms with Crippen LogP contribution in [0.2, 0.25) is 0 Å². The first kappa shape index (κ1) is 11.6.